The Kier molecular flexibility index (Phi) is 14.9. The summed E-state index contributed by atoms with van der Waals surface area (Å²) in [7, 11) is 5.07. The molecule has 19 atom stereocenters. The monoisotopic (exact) mass is 760 g/mol. The van der Waals surface area contributed by atoms with Crippen molar-refractivity contribution in [3.63, 3.8) is 0 Å². The lowest BCUT2D eigenvalue weighted by Gasteiger charge is -2.49. The summed E-state index contributed by atoms with van der Waals surface area (Å²) < 4.78 is 51.8. The number of hydrogen-bond acceptors (Lipinski definition) is 13. The molecule has 0 amide bonds. The maximum Gasteiger partial charge on any atom is 0.311 e. The molecule has 0 radical (unpaired) electrons. The van der Waals surface area contributed by atoms with Gasteiger partial charge in [-0.15, -0.1) is 0 Å². The predicted octanol–water partition coefficient (Wildman–Crippen LogP) is 4.06. The summed E-state index contributed by atoms with van der Waals surface area (Å²) in [6.45, 7) is 22.0. The number of cyclic esters (lactones) is 1. The molecule has 4 saturated heterocycles. The fourth-order valence-electron chi connectivity index (χ4n) is 9.71. The van der Waals surface area contributed by atoms with Crippen molar-refractivity contribution in [1.82, 2.24) is 4.90 Å². The molecule has 4 rings (SSSR count). The molecule has 2 bridgehead atoms. The zero-order valence-electron chi connectivity index (χ0n) is 34.9. The maximum absolute atomic E-state index is 14.4. The molecular formula is C40H73NO12. The third kappa shape index (κ3) is 8.96. The van der Waals surface area contributed by atoms with E-state index in [1.807, 2.05) is 48.6 Å². The van der Waals surface area contributed by atoms with Gasteiger partial charge in [0.2, 0.25) is 0 Å². The molecule has 0 aromatic rings. The number of aliphatic hydroxyl groups is 3. The van der Waals surface area contributed by atoms with Gasteiger partial charge in [0.25, 0.3) is 0 Å². The minimum absolute atomic E-state index is 0.00233. The average Bonchev–Trinajstić information content (AvgIpc) is 3.44. The second kappa shape index (κ2) is 17.7. The van der Waals surface area contributed by atoms with Gasteiger partial charge >= 0.3 is 5.97 Å². The van der Waals surface area contributed by atoms with Crippen LogP contribution in [-0.2, 0) is 42.7 Å². The summed E-state index contributed by atoms with van der Waals surface area (Å²) in [5.74, 6) is -2.35. The fraction of sp³-hybridized carbons (Fsp3) is 0.975. The van der Waals surface area contributed by atoms with Gasteiger partial charge in [0, 0.05) is 38.5 Å². The number of rotatable bonds is 10. The van der Waals surface area contributed by atoms with E-state index >= 15 is 0 Å². The van der Waals surface area contributed by atoms with E-state index in [9.17, 15) is 20.1 Å². The van der Waals surface area contributed by atoms with Crippen LogP contribution in [0, 0.1) is 23.7 Å². The standard InChI is InChI=1S/C40H73NO12/c1-15-17-28-40(11,47-14)33(43)23(5)31-21(3)19-39(10,53-31)35(52-37-30(42)27(41(12)16-2)18-22(4)48-37)24(6)32(25(7)36(45)50-28)51-29-20-38(9,46-13)34(44)26(8)49-29/h21-35,37,42-44H,15-20H2,1-14H3/t21?,22-,23-,24+,25-,26+,27+,28-,29+,30-,31?,32+,33-,34+,35-,37+,38-,39-,40-/m1/s1. The highest BCUT2D eigenvalue weighted by molar-refractivity contribution is 5.73. The van der Waals surface area contributed by atoms with E-state index in [0.29, 0.717) is 25.7 Å². The molecule has 4 aliphatic heterocycles. The normalized spacial score (nSPS) is 50.3. The molecule has 310 valence electrons. The Labute approximate surface area is 318 Å². The van der Waals surface area contributed by atoms with Crippen LogP contribution in [0.5, 0.6) is 0 Å². The van der Waals surface area contributed by atoms with Crippen LogP contribution >= 0.6 is 0 Å². The second-order valence-corrected chi connectivity index (χ2v) is 17.4. The summed E-state index contributed by atoms with van der Waals surface area (Å²) in [6.07, 6.45) is -5.78. The topological polar surface area (TPSA) is 155 Å². The number of methoxy groups -OCH3 is 2. The van der Waals surface area contributed by atoms with Crippen molar-refractivity contribution in [3.05, 3.63) is 0 Å². The van der Waals surface area contributed by atoms with Crippen molar-refractivity contribution in [3.8, 4) is 0 Å². The first kappa shape index (κ1) is 44.7. The SMILES string of the molecule is CCC[C@H]1OC(=O)[C@H](C)[C@@H](O[C@H]2C[C@@](C)(OC)[C@@H](O)[C@H](C)O2)[C@H](C)[C@@H](O[C@@H]2O[C@H](C)C[C@H](N(C)CC)[C@H]2O)[C@@]2(C)CC(C)C(O2)[C@@H](C)[C@@H](O)[C@]1(C)OC. The molecule has 4 aliphatic rings. The predicted molar refractivity (Wildman–Crippen MR) is 198 cm³/mol. The van der Waals surface area contributed by atoms with Gasteiger partial charge in [-0.2, -0.15) is 0 Å². The zero-order valence-corrected chi connectivity index (χ0v) is 34.9. The Morgan fingerprint density at radius 3 is 2.13 bits per heavy atom. The quantitative estimate of drug-likeness (QED) is 0.275. The highest BCUT2D eigenvalue weighted by Crippen LogP contribution is 2.48. The van der Waals surface area contributed by atoms with E-state index in [0.717, 1.165) is 6.54 Å². The van der Waals surface area contributed by atoms with Crippen LogP contribution < -0.4 is 0 Å². The molecule has 0 saturated carbocycles. The third-order valence-electron chi connectivity index (χ3n) is 13.4. The summed E-state index contributed by atoms with van der Waals surface area (Å²) in [4.78, 5) is 16.5. The van der Waals surface area contributed by atoms with Gasteiger partial charge in [-0.3, -0.25) is 4.79 Å². The zero-order chi connectivity index (χ0) is 39.8. The molecule has 0 aromatic carbocycles. The van der Waals surface area contributed by atoms with E-state index in [2.05, 4.69) is 18.7 Å². The largest absolute Gasteiger partial charge is 0.459 e. The van der Waals surface area contributed by atoms with Gasteiger partial charge in [0.05, 0.1) is 53.7 Å². The lowest BCUT2D eigenvalue weighted by molar-refractivity contribution is -0.319. The molecule has 13 heteroatoms. The third-order valence-corrected chi connectivity index (χ3v) is 13.4. The minimum Gasteiger partial charge on any atom is -0.459 e. The number of carbonyl (C=O) groups excluding carboxylic acids is 1. The van der Waals surface area contributed by atoms with Gasteiger partial charge in [0.15, 0.2) is 12.6 Å². The van der Waals surface area contributed by atoms with Crippen molar-refractivity contribution in [2.24, 2.45) is 23.7 Å². The number of fused-ring (bicyclic) bond motifs is 2. The Hall–Kier alpha value is -0.970. The highest BCUT2D eigenvalue weighted by Gasteiger charge is 2.58. The highest BCUT2D eigenvalue weighted by atomic mass is 16.7. The average molecular weight is 760 g/mol. The van der Waals surface area contributed by atoms with E-state index in [1.165, 1.54) is 7.11 Å². The number of ether oxygens (including phenoxy) is 8. The Balaban J connectivity index is 1.86. The van der Waals surface area contributed by atoms with Crippen molar-refractivity contribution < 1.29 is 58.0 Å². The van der Waals surface area contributed by atoms with Crippen LogP contribution in [0.1, 0.15) is 108 Å². The molecule has 4 heterocycles. The van der Waals surface area contributed by atoms with Gasteiger partial charge in [-0.05, 0) is 80.3 Å². The van der Waals surface area contributed by atoms with Crippen LogP contribution in [-0.4, -0.2) is 144 Å². The smallest absolute Gasteiger partial charge is 0.311 e. The van der Waals surface area contributed by atoms with Crippen LogP contribution in [0.3, 0.4) is 0 Å². The van der Waals surface area contributed by atoms with Gasteiger partial charge < -0.3 is 58.1 Å². The van der Waals surface area contributed by atoms with Crippen LogP contribution in [0.15, 0.2) is 0 Å². The lowest BCUT2D eigenvalue weighted by atomic mass is 9.76. The van der Waals surface area contributed by atoms with Gasteiger partial charge in [-0.1, -0.05) is 41.0 Å². The first-order valence-corrected chi connectivity index (χ1v) is 20.1. The summed E-state index contributed by atoms with van der Waals surface area (Å²) in [5, 5.41) is 34.9. The van der Waals surface area contributed by atoms with Crippen molar-refractivity contribution >= 4 is 5.97 Å². The fourth-order valence-corrected chi connectivity index (χ4v) is 9.71. The molecule has 0 aromatic heterocycles. The first-order chi connectivity index (χ1) is 24.7. The molecule has 0 spiro atoms. The molecule has 3 N–H and O–H groups in total. The molecule has 4 fully saturated rings. The van der Waals surface area contributed by atoms with E-state index in [4.69, 9.17) is 37.9 Å². The van der Waals surface area contributed by atoms with Crippen molar-refractivity contribution in [1.29, 1.82) is 0 Å². The summed E-state index contributed by atoms with van der Waals surface area (Å²) >= 11 is 0. The molecule has 0 aliphatic carbocycles. The number of hydrogen-bond donors (Lipinski definition) is 3. The number of likely N-dealkylation sites (N-methyl/N-ethyl adjacent to an activating group) is 1. The van der Waals surface area contributed by atoms with E-state index in [-0.39, 0.29) is 24.5 Å². The molecule has 13 nitrogen and oxygen atoms in total. The second-order valence-electron chi connectivity index (χ2n) is 17.4. The summed E-state index contributed by atoms with van der Waals surface area (Å²) in [6, 6.07) is -0.198. The Morgan fingerprint density at radius 1 is 0.887 bits per heavy atom. The van der Waals surface area contributed by atoms with Crippen LogP contribution in [0.2, 0.25) is 0 Å². The molecular weight excluding hydrogens is 686 g/mol. The van der Waals surface area contributed by atoms with Crippen LogP contribution in [0.25, 0.3) is 0 Å². The van der Waals surface area contributed by atoms with Gasteiger partial charge in [-0.25, -0.2) is 0 Å². The van der Waals surface area contributed by atoms with Crippen molar-refractivity contribution in [2.75, 3.05) is 27.8 Å². The molecule has 53 heavy (non-hydrogen) atoms. The Bertz CT molecular complexity index is 1200. The van der Waals surface area contributed by atoms with Gasteiger partial charge in [0.1, 0.15) is 23.9 Å². The lowest BCUT2D eigenvalue weighted by Crippen LogP contribution is -2.60. The minimum atomic E-state index is -1.24. The molecule has 2 unspecified atom stereocenters. The van der Waals surface area contributed by atoms with Crippen LogP contribution in [0.4, 0.5) is 0 Å². The van der Waals surface area contributed by atoms with E-state index < -0.39 is 102 Å². The number of nitrogens with zero attached hydrogens (tertiary/aromatic N) is 1. The van der Waals surface area contributed by atoms with Crippen molar-refractivity contribution in [2.45, 2.75) is 199 Å². The first-order valence-electron chi connectivity index (χ1n) is 20.1. The number of aliphatic hydroxyl groups excluding tert-OH is 3. The maximum atomic E-state index is 14.4. The van der Waals surface area contributed by atoms with E-state index in [1.54, 1.807) is 27.9 Å². The summed E-state index contributed by atoms with van der Waals surface area (Å²) in [5.41, 5.74) is -3.17. The number of esters is 1. The number of carbonyl (C=O) groups is 1. The Morgan fingerprint density at radius 2 is 1.55 bits per heavy atom.